The minimum atomic E-state index is -0.633. The Kier molecular flexibility index (Phi) is 6.18. The number of carbonyl (C=O) groups excluding carboxylic acids is 1. The predicted octanol–water partition coefficient (Wildman–Crippen LogP) is 2.35. The Morgan fingerprint density at radius 3 is 2.71 bits per heavy atom. The van der Waals surface area contributed by atoms with Gasteiger partial charge in [0, 0.05) is 18.7 Å². The summed E-state index contributed by atoms with van der Waals surface area (Å²) >= 11 is 0. The van der Waals surface area contributed by atoms with E-state index in [-0.39, 0.29) is 11.5 Å². The lowest BCUT2D eigenvalue weighted by atomic mass is 10.2. The first-order chi connectivity index (χ1) is 13.5. The number of hydrogen-bond donors (Lipinski definition) is 1. The first-order valence-electron chi connectivity index (χ1n) is 9.99. The van der Waals surface area contributed by atoms with E-state index in [0.29, 0.717) is 29.9 Å². The highest BCUT2D eigenvalue weighted by atomic mass is 16.3. The maximum atomic E-state index is 13.0. The highest BCUT2D eigenvalue weighted by Crippen LogP contribution is 2.21. The third kappa shape index (κ3) is 3.69. The van der Waals surface area contributed by atoms with Crippen molar-refractivity contribution >= 4 is 22.5 Å². The third-order valence-electron chi connectivity index (χ3n) is 5.26. The van der Waals surface area contributed by atoms with Gasteiger partial charge in [-0.25, -0.2) is 4.68 Å². The van der Waals surface area contributed by atoms with Crippen LogP contribution in [0.1, 0.15) is 45.5 Å². The minimum Gasteiger partial charge on any atom is -0.463 e. The second kappa shape index (κ2) is 8.60. The van der Waals surface area contributed by atoms with Crippen molar-refractivity contribution in [2.24, 2.45) is 0 Å². The van der Waals surface area contributed by atoms with Gasteiger partial charge in [0.2, 0.25) is 5.91 Å². The molecule has 8 heteroatoms. The zero-order valence-electron chi connectivity index (χ0n) is 17.1. The number of carbonyl (C=O) groups is 1. The molecule has 0 aliphatic rings. The van der Waals surface area contributed by atoms with Crippen LogP contribution >= 0.6 is 0 Å². The van der Waals surface area contributed by atoms with E-state index in [2.05, 4.69) is 29.2 Å². The number of hydrogen-bond acceptors (Lipinski definition) is 5. The molecule has 0 bridgehead atoms. The van der Waals surface area contributed by atoms with Crippen LogP contribution in [-0.4, -0.2) is 51.2 Å². The van der Waals surface area contributed by atoms with E-state index in [9.17, 15) is 9.59 Å². The first kappa shape index (κ1) is 20.1. The molecule has 0 saturated heterocycles. The van der Waals surface area contributed by atoms with Gasteiger partial charge >= 0.3 is 0 Å². The van der Waals surface area contributed by atoms with Crippen LogP contribution < -0.4 is 10.9 Å². The van der Waals surface area contributed by atoms with Gasteiger partial charge < -0.3 is 14.6 Å². The molecule has 8 nitrogen and oxygen atoms in total. The lowest BCUT2D eigenvalue weighted by Gasteiger charge is -2.20. The zero-order chi connectivity index (χ0) is 20.3. The summed E-state index contributed by atoms with van der Waals surface area (Å²) in [5, 5.41) is 7.40. The van der Waals surface area contributed by atoms with Crippen LogP contribution in [0.15, 0.2) is 27.6 Å². The van der Waals surface area contributed by atoms with E-state index < -0.39 is 6.04 Å². The van der Waals surface area contributed by atoms with Crippen molar-refractivity contribution < 1.29 is 9.21 Å². The van der Waals surface area contributed by atoms with Crippen LogP contribution in [0.5, 0.6) is 0 Å². The smallest absolute Gasteiger partial charge is 0.291 e. The Morgan fingerprint density at radius 1 is 1.29 bits per heavy atom. The highest BCUT2D eigenvalue weighted by Gasteiger charge is 2.23. The minimum absolute atomic E-state index is 0.171. The Bertz CT molecular complexity index is 1010. The molecule has 1 unspecified atom stereocenters. The van der Waals surface area contributed by atoms with Gasteiger partial charge in [-0.3, -0.25) is 14.0 Å². The van der Waals surface area contributed by atoms with Crippen LogP contribution in [0.2, 0.25) is 0 Å². The summed E-state index contributed by atoms with van der Waals surface area (Å²) in [5.74, 6) is 0.467. The van der Waals surface area contributed by atoms with Gasteiger partial charge in [0.1, 0.15) is 17.4 Å². The van der Waals surface area contributed by atoms with E-state index in [0.717, 1.165) is 31.6 Å². The van der Waals surface area contributed by atoms with Gasteiger partial charge in [-0.2, -0.15) is 5.10 Å². The molecule has 3 heterocycles. The van der Waals surface area contributed by atoms with Crippen LogP contribution in [0.4, 0.5) is 0 Å². The molecule has 0 fully saturated rings. The average molecular weight is 387 g/mol. The summed E-state index contributed by atoms with van der Waals surface area (Å²) in [6.07, 6.45) is 2.95. The molecular weight excluding hydrogens is 358 g/mol. The fourth-order valence-electron chi connectivity index (χ4n) is 3.65. The molecule has 0 aliphatic heterocycles. The third-order valence-corrected chi connectivity index (χ3v) is 5.26. The predicted molar refractivity (Wildman–Crippen MR) is 109 cm³/mol. The number of aryl methyl sites for hydroxylation is 1. The van der Waals surface area contributed by atoms with Crippen molar-refractivity contribution in [3.8, 4) is 0 Å². The molecule has 0 spiro atoms. The van der Waals surface area contributed by atoms with E-state index in [1.807, 2.05) is 13.8 Å². The van der Waals surface area contributed by atoms with Crippen LogP contribution in [0.25, 0.3) is 16.6 Å². The van der Waals surface area contributed by atoms with Gasteiger partial charge in [-0.05, 0) is 39.4 Å². The van der Waals surface area contributed by atoms with Crippen molar-refractivity contribution in [3.63, 3.8) is 0 Å². The highest BCUT2D eigenvalue weighted by molar-refractivity contribution is 5.83. The number of rotatable bonds is 9. The second-order valence-electron chi connectivity index (χ2n) is 6.93. The van der Waals surface area contributed by atoms with Crippen molar-refractivity contribution in [2.45, 2.75) is 46.6 Å². The number of fused-ring (bicyclic) bond motifs is 3. The Hall–Kier alpha value is -2.61. The summed E-state index contributed by atoms with van der Waals surface area (Å²) in [7, 11) is 0. The maximum Gasteiger partial charge on any atom is 0.291 e. The molecule has 28 heavy (non-hydrogen) atoms. The zero-order valence-corrected chi connectivity index (χ0v) is 17.1. The molecule has 0 aliphatic carbocycles. The lowest BCUT2D eigenvalue weighted by molar-refractivity contribution is -0.124. The van der Waals surface area contributed by atoms with E-state index in [1.165, 1.54) is 4.68 Å². The molecule has 0 radical (unpaired) electrons. The summed E-state index contributed by atoms with van der Waals surface area (Å²) in [5.41, 5.74) is 1.61. The normalized spacial score (nSPS) is 12.9. The standard InChI is InChI=1S/C20H29N5O3/c1-5-15(19(26)21-10-8-11-23(6-2)7-3)25-20(27)17-13-18-16(9-12-28-18)24(17)14(4)22-25/h9,12-13,15H,5-8,10-11H2,1-4H3,(H,21,26). The van der Waals surface area contributed by atoms with Crippen molar-refractivity contribution in [1.82, 2.24) is 24.4 Å². The van der Waals surface area contributed by atoms with Gasteiger partial charge in [0.15, 0.2) is 5.58 Å². The van der Waals surface area contributed by atoms with Gasteiger partial charge in [0.05, 0.1) is 11.8 Å². The molecule has 0 saturated carbocycles. The van der Waals surface area contributed by atoms with Crippen molar-refractivity contribution in [3.05, 3.63) is 34.6 Å². The SMILES string of the molecule is CCC(C(=O)NCCCN(CC)CC)n1nc(C)n2c(cc3occc32)c1=O. The van der Waals surface area contributed by atoms with Gasteiger partial charge in [0.25, 0.3) is 5.56 Å². The van der Waals surface area contributed by atoms with Crippen LogP contribution in [0, 0.1) is 6.92 Å². The molecule has 1 atom stereocenters. The number of amides is 1. The lowest BCUT2D eigenvalue weighted by Crippen LogP contribution is -2.40. The molecule has 3 rings (SSSR count). The summed E-state index contributed by atoms with van der Waals surface area (Å²) in [6, 6.07) is 2.88. The fourth-order valence-corrected chi connectivity index (χ4v) is 3.65. The molecule has 3 aromatic rings. The van der Waals surface area contributed by atoms with Gasteiger partial charge in [-0.15, -0.1) is 0 Å². The molecular formula is C20H29N5O3. The van der Waals surface area contributed by atoms with Crippen molar-refractivity contribution in [1.29, 1.82) is 0 Å². The van der Waals surface area contributed by atoms with E-state index in [4.69, 9.17) is 4.42 Å². The number of nitrogens with one attached hydrogen (secondary N) is 1. The Balaban J connectivity index is 1.80. The molecule has 1 amide bonds. The Labute approximate surface area is 164 Å². The average Bonchev–Trinajstić information content (AvgIpc) is 3.27. The van der Waals surface area contributed by atoms with E-state index >= 15 is 0 Å². The molecule has 1 N–H and O–H groups in total. The molecule has 0 aromatic carbocycles. The monoisotopic (exact) mass is 387 g/mol. The van der Waals surface area contributed by atoms with Crippen LogP contribution in [-0.2, 0) is 4.79 Å². The summed E-state index contributed by atoms with van der Waals surface area (Å²) < 4.78 is 8.49. The molecule has 152 valence electrons. The maximum absolute atomic E-state index is 13.0. The largest absolute Gasteiger partial charge is 0.463 e. The van der Waals surface area contributed by atoms with Crippen molar-refractivity contribution in [2.75, 3.05) is 26.2 Å². The number of furan rings is 1. The quantitative estimate of drug-likeness (QED) is 0.570. The van der Waals surface area contributed by atoms with E-state index in [1.54, 1.807) is 22.8 Å². The number of nitrogens with zero attached hydrogens (tertiary/aromatic N) is 4. The topological polar surface area (TPSA) is 84.8 Å². The number of aromatic nitrogens is 3. The Morgan fingerprint density at radius 2 is 2.04 bits per heavy atom. The summed E-state index contributed by atoms with van der Waals surface area (Å²) in [6.45, 7) is 11.5. The second-order valence-corrected chi connectivity index (χ2v) is 6.93. The van der Waals surface area contributed by atoms with Crippen LogP contribution in [0.3, 0.4) is 0 Å². The summed E-state index contributed by atoms with van der Waals surface area (Å²) in [4.78, 5) is 28.0. The van der Waals surface area contributed by atoms with Gasteiger partial charge in [-0.1, -0.05) is 20.8 Å². The fraction of sp³-hybridized carbons (Fsp3) is 0.550. The molecule has 3 aromatic heterocycles. The first-order valence-corrected chi connectivity index (χ1v) is 9.99.